The number of ether oxygens (including phenoxy) is 4. The predicted octanol–water partition coefficient (Wildman–Crippen LogP) is 7.12. The van der Waals surface area contributed by atoms with Gasteiger partial charge in [-0.25, -0.2) is 0 Å². The summed E-state index contributed by atoms with van der Waals surface area (Å²) in [5.41, 5.74) is -0.629. The molecule has 1 saturated heterocycles. The minimum absolute atomic E-state index is 0.159. The summed E-state index contributed by atoms with van der Waals surface area (Å²) in [6.45, 7) is 7.60. The third kappa shape index (κ3) is 15.0. The average Bonchev–Trinajstić information content (AvgIpc) is 2.85. The molecule has 0 aromatic rings. The highest BCUT2D eigenvalue weighted by atomic mass is 16.7. The molecule has 1 aliphatic rings. The van der Waals surface area contributed by atoms with Gasteiger partial charge in [0.05, 0.1) is 18.6 Å². The Morgan fingerprint density at radius 1 is 0.647 bits per heavy atom. The van der Waals surface area contributed by atoms with Crippen LogP contribution in [0.2, 0.25) is 0 Å². The quantitative estimate of drug-likeness (QED) is 0.128. The summed E-state index contributed by atoms with van der Waals surface area (Å²) in [7, 11) is 0. The van der Waals surface area contributed by atoms with Crippen LogP contribution in [-0.2, 0) is 28.5 Å². The summed E-state index contributed by atoms with van der Waals surface area (Å²) in [4.78, 5) is 24.6. The van der Waals surface area contributed by atoms with Gasteiger partial charge in [-0.05, 0) is 25.7 Å². The van der Waals surface area contributed by atoms with Crippen molar-refractivity contribution < 1.29 is 28.5 Å². The minimum atomic E-state index is -0.629. The number of unbranched alkanes of at least 4 members (excludes halogenated alkanes) is 11. The Kier molecular flexibility index (Phi) is 18.3. The third-order valence-electron chi connectivity index (χ3n) is 6.49. The van der Waals surface area contributed by atoms with Crippen LogP contribution in [0.15, 0.2) is 0 Å². The fourth-order valence-corrected chi connectivity index (χ4v) is 4.09. The van der Waals surface area contributed by atoms with Crippen molar-refractivity contribution in [2.24, 2.45) is 5.41 Å². The molecule has 0 N–H and O–H groups in total. The van der Waals surface area contributed by atoms with Crippen molar-refractivity contribution >= 4 is 11.9 Å². The lowest BCUT2D eigenvalue weighted by Crippen LogP contribution is -2.48. The van der Waals surface area contributed by atoms with Crippen LogP contribution in [0.3, 0.4) is 0 Å². The van der Waals surface area contributed by atoms with Gasteiger partial charge in [-0.1, -0.05) is 91.4 Å². The molecule has 6 nitrogen and oxygen atoms in total. The highest BCUT2D eigenvalue weighted by Crippen LogP contribution is 2.28. The Morgan fingerprint density at radius 2 is 1.06 bits per heavy atom. The van der Waals surface area contributed by atoms with E-state index in [-0.39, 0.29) is 31.4 Å². The van der Waals surface area contributed by atoms with Crippen molar-refractivity contribution in [1.82, 2.24) is 0 Å². The van der Waals surface area contributed by atoms with Crippen LogP contribution in [0.25, 0.3) is 0 Å². The van der Waals surface area contributed by atoms with Crippen LogP contribution < -0.4 is 0 Å². The molecule has 0 aromatic heterocycles. The van der Waals surface area contributed by atoms with Gasteiger partial charge in [0.1, 0.15) is 13.2 Å². The van der Waals surface area contributed by atoms with Gasteiger partial charge in [-0.3, -0.25) is 9.59 Å². The molecule has 0 unspecified atom stereocenters. The summed E-state index contributed by atoms with van der Waals surface area (Å²) in [6, 6.07) is 0. The van der Waals surface area contributed by atoms with Gasteiger partial charge in [-0.15, -0.1) is 0 Å². The molecular weight excluding hydrogens is 432 g/mol. The lowest BCUT2D eigenvalue weighted by molar-refractivity contribution is -0.249. The SMILES string of the molecule is CCCCCCCCC(=O)OCC1(COC(=O)CCCCCCCC)COC(CCCC)OC1. The molecule has 200 valence electrons. The first kappa shape index (κ1) is 30.9. The molecule has 0 saturated carbocycles. The number of carbonyl (C=O) groups is 2. The van der Waals surface area contributed by atoms with E-state index >= 15 is 0 Å². The van der Waals surface area contributed by atoms with Gasteiger partial charge in [0.2, 0.25) is 0 Å². The number of hydrogen-bond acceptors (Lipinski definition) is 6. The number of carbonyl (C=O) groups excluding carboxylic acids is 2. The van der Waals surface area contributed by atoms with Crippen molar-refractivity contribution in [2.75, 3.05) is 26.4 Å². The van der Waals surface area contributed by atoms with Gasteiger partial charge in [0.25, 0.3) is 0 Å². The molecule has 0 bridgehead atoms. The first-order chi connectivity index (χ1) is 16.5. The zero-order valence-electron chi connectivity index (χ0n) is 22.4. The Hall–Kier alpha value is -1.14. The van der Waals surface area contributed by atoms with Crippen molar-refractivity contribution in [3.05, 3.63) is 0 Å². The summed E-state index contributed by atoms with van der Waals surface area (Å²) in [5.74, 6) is -0.386. The molecule has 0 atom stereocenters. The van der Waals surface area contributed by atoms with Gasteiger partial charge < -0.3 is 18.9 Å². The van der Waals surface area contributed by atoms with Crippen LogP contribution in [0.5, 0.6) is 0 Å². The molecular formula is C28H52O6. The standard InChI is InChI=1S/C28H52O6/c1-4-7-10-12-14-16-18-25(29)31-21-28(23-33-27(34-24-28)20-9-6-3)22-32-26(30)19-17-15-13-11-8-5-2/h27H,4-24H2,1-3H3. The summed E-state index contributed by atoms with van der Waals surface area (Å²) in [6.07, 6.45) is 17.2. The first-order valence-corrected chi connectivity index (χ1v) is 14.1. The highest BCUT2D eigenvalue weighted by Gasteiger charge is 2.40. The second kappa shape index (κ2) is 20.1. The largest absolute Gasteiger partial charge is 0.465 e. The van der Waals surface area contributed by atoms with E-state index in [2.05, 4.69) is 20.8 Å². The Bertz CT molecular complexity index is 479. The predicted molar refractivity (Wildman–Crippen MR) is 136 cm³/mol. The van der Waals surface area contributed by atoms with Gasteiger partial charge in [-0.2, -0.15) is 0 Å². The number of esters is 2. The van der Waals surface area contributed by atoms with Crippen LogP contribution in [0.4, 0.5) is 0 Å². The molecule has 0 radical (unpaired) electrons. The summed E-state index contributed by atoms with van der Waals surface area (Å²) in [5, 5.41) is 0. The van der Waals surface area contributed by atoms with Gasteiger partial charge >= 0.3 is 11.9 Å². The van der Waals surface area contributed by atoms with Crippen LogP contribution in [0.1, 0.15) is 130 Å². The first-order valence-electron chi connectivity index (χ1n) is 14.1. The number of rotatable bonds is 21. The van der Waals surface area contributed by atoms with Crippen molar-refractivity contribution in [1.29, 1.82) is 0 Å². The molecule has 1 fully saturated rings. The maximum atomic E-state index is 12.3. The lowest BCUT2D eigenvalue weighted by Gasteiger charge is -2.39. The number of hydrogen-bond donors (Lipinski definition) is 0. The molecule has 1 heterocycles. The molecule has 1 aliphatic heterocycles. The topological polar surface area (TPSA) is 71.1 Å². The van der Waals surface area contributed by atoms with Crippen LogP contribution in [-0.4, -0.2) is 44.7 Å². The smallest absolute Gasteiger partial charge is 0.305 e. The van der Waals surface area contributed by atoms with Crippen molar-refractivity contribution in [2.45, 2.75) is 136 Å². The van der Waals surface area contributed by atoms with Gasteiger partial charge in [0.15, 0.2) is 6.29 Å². The molecule has 0 spiro atoms. The van der Waals surface area contributed by atoms with E-state index < -0.39 is 5.41 Å². The maximum Gasteiger partial charge on any atom is 0.305 e. The van der Waals surface area contributed by atoms with Crippen molar-refractivity contribution in [3.8, 4) is 0 Å². The van der Waals surface area contributed by atoms with E-state index in [1.54, 1.807) is 0 Å². The molecule has 0 aromatic carbocycles. The fraction of sp³-hybridized carbons (Fsp3) is 0.929. The minimum Gasteiger partial charge on any atom is -0.465 e. The zero-order valence-corrected chi connectivity index (χ0v) is 22.4. The summed E-state index contributed by atoms with van der Waals surface area (Å²) >= 11 is 0. The highest BCUT2D eigenvalue weighted by molar-refractivity contribution is 5.69. The zero-order chi connectivity index (χ0) is 24.9. The van der Waals surface area contributed by atoms with Crippen molar-refractivity contribution in [3.63, 3.8) is 0 Å². The van der Waals surface area contributed by atoms with E-state index in [4.69, 9.17) is 18.9 Å². The average molecular weight is 485 g/mol. The monoisotopic (exact) mass is 484 g/mol. The van der Waals surface area contributed by atoms with E-state index in [1.165, 1.54) is 51.4 Å². The van der Waals surface area contributed by atoms with Crippen LogP contribution in [0, 0.1) is 5.41 Å². The van der Waals surface area contributed by atoms with E-state index in [0.29, 0.717) is 26.1 Å². The summed E-state index contributed by atoms with van der Waals surface area (Å²) < 4.78 is 23.1. The van der Waals surface area contributed by atoms with E-state index in [1.807, 2.05) is 0 Å². The molecule has 6 heteroatoms. The molecule has 0 amide bonds. The Labute approximate surface area is 208 Å². The second-order valence-corrected chi connectivity index (χ2v) is 10.1. The van der Waals surface area contributed by atoms with E-state index in [0.717, 1.165) is 44.9 Å². The lowest BCUT2D eigenvalue weighted by atomic mass is 9.91. The normalized spacial score (nSPS) is 15.9. The molecule has 1 rings (SSSR count). The Morgan fingerprint density at radius 3 is 1.50 bits per heavy atom. The molecule has 34 heavy (non-hydrogen) atoms. The van der Waals surface area contributed by atoms with E-state index in [9.17, 15) is 9.59 Å². The van der Waals surface area contributed by atoms with Crippen LogP contribution >= 0.6 is 0 Å². The van der Waals surface area contributed by atoms with Gasteiger partial charge in [0, 0.05) is 12.8 Å². The molecule has 0 aliphatic carbocycles. The maximum absolute atomic E-state index is 12.3. The Balaban J connectivity index is 2.42. The second-order valence-electron chi connectivity index (χ2n) is 10.1. The third-order valence-corrected chi connectivity index (χ3v) is 6.49. The fourth-order valence-electron chi connectivity index (χ4n) is 4.09.